The van der Waals surface area contributed by atoms with E-state index in [-0.39, 0.29) is 16.5 Å². The van der Waals surface area contributed by atoms with Gasteiger partial charge in [-0.1, -0.05) is 42.3 Å². The van der Waals surface area contributed by atoms with E-state index in [0.29, 0.717) is 6.17 Å². The number of hydrogen-bond acceptors (Lipinski definition) is 9. The minimum Gasteiger partial charge on any atom is -0.497 e. The van der Waals surface area contributed by atoms with Gasteiger partial charge in [0.2, 0.25) is 12.2 Å². The van der Waals surface area contributed by atoms with Crippen LogP contribution >= 0.6 is 0 Å². The van der Waals surface area contributed by atoms with Crippen molar-refractivity contribution < 1.29 is 43.6 Å². The quantitative estimate of drug-likeness (QED) is 0.349. The van der Waals surface area contributed by atoms with Crippen LogP contribution in [0.2, 0.25) is 0 Å². The predicted octanol–water partition coefficient (Wildman–Crippen LogP) is 4.29. The summed E-state index contributed by atoms with van der Waals surface area (Å²) in [4.78, 5) is 52.2. The first kappa shape index (κ1) is 33.0. The molecule has 3 aromatic rings. The van der Waals surface area contributed by atoms with Crippen molar-refractivity contribution in [3.63, 3.8) is 0 Å². The summed E-state index contributed by atoms with van der Waals surface area (Å²) < 4.78 is 15.0. The van der Waals surface area contributed by atoms with Crippen LogP contribution in [0.4, 0.5) is 5.69 Å². The molecule has 2 aliphatic rings. The summed E-state index contributed by atoms with van der Waals surface area (Å²) in [6, 6.07) is 18.5. The fourth-order valence-electron chi connectivity index (χ4n) is 5.91. The second-order valence-corrected chi connectivity index (χ2v) is 11.6. The zero-order valence-corrected chi connectivity index (χ0v) is 26.1. The summed E-state index contributed by atoms with van der Waals surface area (Å²) >= 11 is 0. The number of methoxy groups -OCH3 is 1. The number of benzene rings is 3. The molecule has 238 valence electrons. The summed E-state index contributed by atoms with van der Waals surface area (Å²) in [6.45, 7) is 7.13. The van der Waals surface area contributed by atoms with Gasteiger partial charge >= 0.3 is 23.9 Å². The van der Waals surface area contributed by atoms with Crippen LogP contribution in [0.25, 0.3) is 0 Å². The summed E-state index contributed by atoms with van der Waals surface area (Å²) in [5, 5.41) is 18.6. The second-order valence-electron chi connectivity index (χ2n) is 11.6. The van der Waals surface area contributed by atoms with Crippen LogP contribution in [-0.2, 0) is 24.5 Å². The van der Waals surface area contributed by atoms with Crippen LogP contribution < -0.4 is 9.64 Å². The Hall–Kier alpha value is -4.90. The SMILES string of the molecule is COc1ccc2c(c1)[C@@]1(C)CCN(C)[C@H]1N2C.Cc1ccc(C(=O)O[C@@H](C(=O)O)[C@@H](OC(=O)c2ccc(C)cc2)C(=O)O)cc1. The molecule has 0 saturated carbocycles. The highest BCUT2D eigenvalue weighted by molar-refractivity contribution is 5.95. The second kappa shape index (κ2) is 13.4. The van der Waals surface area contributed by atoms with Gasteiger partial charge in [-0.15, -0.1) is 0 Å². The van der Waals surface area contributed by atoms with E-state index in [0.717, 1.165) is 16.9 Å². The van der Waals surface area contributed by atoms with E-state index in [9.17, 15) is 29.4 Å². The largest absolute Gasteiger partial charge is 0.497 e. The number of carbonyl (C=O) groups excluding carboxylic acids is 2. The van der Waals surface area contributed by atoms with E-state index in [1.165, 1.54) is 48.5 Å². The maximum atomic E-state index is 12.2. The summed E-state index contributed by atoms with van der Waals surface area (Å²) in [5.74, 6) is -4.65. The lowest BCUT2D eigenvalue weighted by atomic mass is 9.81. The van der Waals surface area contributed by atoms with E-state index in [4.69, 9.17) is 14.2 Å². The number of likely N-dealkylation sites (tertiary alicyclic amines) is 1. The van der Waals surface area contributed by atoms with Crippen molar-refractivity contribution in [1.82, 2.24) is 4.90 Å². The number of rotatable bonds is 8. The third kappa shape index (κ3) is 6.93. The molecule has 4 atom stereocenters. The molecule has 11 nitrogen and oxygen atoms in total. The van der Waals surface area contributed by atoms with Gasteiger partial charge in [0.15, 0.2) is 0 Å². The number of aryl methyl sites for hydroxylation is 2. The van der Waals surface area contributed by atoms with Gasteiger partial charge in [-0.25, -0.2) is 19.2 Å². The van der Waals surface area contributed by atoms with E-state index < -0.39 is 36.1 Å². The van der Waals surface area contributed by atoms with Crippen molar-refractivity contribution in [2.45, 2.75) is 51.0 Å². The zero-order chi connectivity index (χ0) is 33.1. The number of ether oxygens (including phenoxy) is 3. The molecule has 1 fully saturated rings. The van der Waals surface area contributed by atoms with Crippen molar-refractivity contribution in [2.75, 3.05) is 32.6 Å². The number of carboxylic acids is 2. The van der Waals surface area contributed by atoms with Crippen molar-refractivity contribution in [2.24, 2.45) is 0 Å². The molecule has 0 spiro atoms. The Morgan fingerprint density at radius 1 is 0.800 bits per heavy atom. The Bertz CT molecular complexity index is 1500. The first-order valence-corrected chi connectivity index (χ1v) is 14.4. The first-order chi connectivity index (χ1) is 21.3. The average molecular weight is 619 g/mol. The van der Waals surface area contributed by atoms with E-state index in [1.54, 1.807) is 45.2 Å². The van der Waals surface area contributed by atoms with Gasteiger partial charge in [-0.2, -0.15) is 0 Å². The summed E-state index contributed by atoms with van der Waals surface area (Å²) in [5.41, 5.74) is 4.83. The van der Waals surface area contributed by atoms with Crippen LogP contribution in [0.15, 0.2) is 66.7 Å². The maximum absolute atomic E-state index is 12.2. The Morgan fingerprint density at radius 3 is 1.69 bits per heavy atom. The minimum atomic E-state index is -2.22. The standard InChI is InChI=1S/C20H18O8.C14H20N2O/c1-11-3-7-13(8-4-11)19(25)27-15(17(21)22)16(18(23)24)28-20(26)14-9-5-12(2)6-10-14;1-14-7-8-15(2)13(14)16(3)12-6-5-10(17-4)9-11(12)14/h3-10,15-16H,1-2H3,(H,21,22)(H,23,24);5-6,9,13H,7-8H2,1-4H3/t15-,16-;13-,14+/m10/s1. The fraction of sp³-hybridized carbons (Fsp3) is 0.353. The molecule has 0 aliphatic carbocycles. The monoisotopic (exact) mass is 618 g/mol. The van der Waals surface area contributed by atoms with E-state index in [1.807, 2.05) is 0 Å². The zero-order valence-electron chi connectivity index (χ0n) is 26.1. The number of nitrogens with zero attached hydrogens (tertiary/aromatic N) is 2. The third-order valence-corrected chi connectivity index (χ3v) is 8.34. The van der Waals surface area contributed by atoms with Crippen LogP contribution in [0.5, 0.6) is 5.75 Å². The van der Waals surface area contributed by atoms with Gasteiger partial charge in [0.25, 0.3) is 0 Å². The predicted molar refractivity (Wildman–Crippen MR) is 166 cm³/mol. The van der Waals surface area contributed by atoms with Gasteiger partial charge in [0, 0.05) is 24.7 Å². The highest BCUT2D eigenvalue weighted by atomic mass is 16.6. The molecule has 1 saturated heterocycles. The molecule has 0 unspecified atom stereocenters. The van der Waals surface area contributed by atoms with Crippen molar-refractivity contribution >= 4 is 29.6 Å². The highest BCUT2D eigenvalue weighted by Crippen LogP contribution is 2.51. The lowest BCUT2D eigenvalue weighted by molar-refractivity contribution is -0.166. The molecule has 11 heteroatoms. The average Bonchev–Trinajstić information content (AvgIpc) is 3.44. The molecular formula is C34H38N2O9. The molecule has 0 bridgehead atoms. The maximum Gasteiger partial charge on any atom is 0.349 e. The Morgan fingerprint density at radius 2 is 1.27 bits per heavy atom. The number of hydrogen-bond donors (Lipinski definition) is 2. The Labute approximate surface area is 261 Å². The van der Waals surface area contributed by atoms with Crippen LogP contribution in [0.1, 0.15) is 50.8 Å². The number of likely N-dealkylation sites (N-methyl/N-ethyl adjacent to an activating group) is 2. The molecule has 0 radical (unpaired) electrons. The first-order valence-electron chi connectivity index (χ1n) is 14.4. The minimum absolute atomic E-state index is 0.0332. The Kier molecular flexibility index (Phi) is 9.82. The fourth-order valence-corrected chi connectivity index (χ4v) is 5.91. The normalized spacial score (nSPS) is 19.7. The van der Waals surface area contributed by atoms with E-state index >= 15 is 0 Å². The number of carboxylic acid groups (broad SMARTS) is 2. The van der Waals surface area contributed by atoms with Gasteiger partial charge in [0.1, 0.15) is 5.75 Å². The highest BCUT2D eigenvalue weighted by Gasteiger charge is 2.52. The number of esters is 2. The van der Waals surface area contributed by atoms with Crippen LogP contribution in [0, 0.1) is 13.8 Å². The van der Waals surface area contributed by atoms with Crippen LogP contribution in [0.3, 0.4) is 0 Å². The van der Waals surface area contributed by atoms with Gasteiger partial charge in [0.05, 0.1) is 24.4 Å². The molecule has 0 aromatic heterocycles. The molecule has 2 aliphatic heterocycles. The summed E-state index contributed by atoms with van der Waals surface area (Å²) in [7, 11) is 6.15. The Balaban J connectivity index is 0.000000229. The van der Waals surface area contributed by atoms with Crippen molar-refractivity contribution in [3.05, 3.63) is 94.5 Å². The number of fused-ring (bicyclic) bond motifs is 3. The van der Waals surface area contributed by atoms with Gasteiger partial charge in [-0.05, 0) is 75.3 Å². The number of aliphatic carboxylic acids is 2. The molecule has 45 heavy (non-hydrogen) atoms. The number of anilines is 1. The molecule has 2 N–H and O–H groups in total. The van der Waals surface area contributed by atoms with Crippen molar-refractivity contribution in [1.29, 1.82) is 0 Å². The summed E-state index contributed by atoms with van der Waals surface area (Å²) in [6.07, 6.45) is -2.73. The molecule has 2 heterocycles. The van der Waals surface area contributed by atoms with Gasteiger partial charge < -0.3 is 29.3 Å². The smallest absolute Gasteiger partial charge is 0.349 e. The topological polar surface area (TPSA) is 143 Å². The van der Waals surface area contributed by atoms with Crippen molar-refractivity contribution in [3.8, 4) is 5.75 Å². The number of carbonyl (C=O) groups is 4. The third-order valence-electron chi connectivity index (χ3n) is 8.34. The molecule has 3 aromatic carbocycles. The lowest BCUT2D eigenvalue weighted by Crippen LogP contribution is -2.45. The molecule has 0 amide bonds. The van der Waals surface area contributed by atoms with Gasteiger partial charge in [-0.3, -0.25) is 4.90 Å². The lowest BCUT2D eigenvalue weighted by Gasteiger charge is -2.32. The molecule has 5 rings (SSSR count). The molecular weight excluding hydrogens is 580 g/mol. The van der Waals surface area contributed by atoms with E-state index in [2.05, 4.69) is 49.0 Å². The van der Waals surface area contributed by atoms with Crippen LogP contribution in [-0.4, -0.2) is 85.1 Å².